The van der Waals surface area contributed by atoms with Gasteiger partial charge in [0.15, 0.2) is 5.82 Å². The van der Waals surface area contributed by atoms with Crippen molar-refractivity contribution in [2.45, 2.75) is 6.92 Å². The molecule has 7 heteroatoms. The third-order valence-corrected chi connectivity index (χ3v) is 6.23. The zero-order valence-electron chi connectivity index (χ0n) is 20.4. The number of aryl methyl sites for hydroxylation is 1. The number of rotatable bonds is 6. The standard InChI is InChI=1S/C31H22BrN3O3/c1-21-8-7-11-23(18-21)30-34-27-13-6-5-12-26(27)31(37)35(30)33-20-24-19-25(32)15-16-28(24)38-29(36)17-14-22-9-3-2-4-10-22/h2-20H,1H3/b17-14+,33-20?. The molecule has 0 saturated carbocycles. The Morgan fingerprint density at radius 1 is 0.947 bits per heavy atom. The maximum atomic E-state index is 13.5. The average molecular weight is 564 g/mol. The topological polar surface area (TPSA) is 73.6 Å². The Morgan fingerprint density at radius 3 is 2.55 bits per heavy atom. The molecular formula is C31H22BrN3O3. The fourth-order valence-electron chi connectivity index (χ4n) is 3.91. The number of ether oxygens (including phenoxy) is 1. The molecule has 0 N–H and O–H groups in total. The molecule has 1 aromatic heterocycles. The second kappa shape index (κ2) is 11.2. The molecule has 0 bridgehead atoms. The average Bonchev–Trinajstić information content (AvgIpc) is 2.93. The van der Waals surface area contributed by atoms with Crippen molar-refractivity contribution in [3.63, 3.8) is 0 Å². The van der Waals surface area contributed by atoms with E-state index in [9.17, 15) is 9.59 Å². The van der Waals surface area contributed by atoms with Crippen LogP contribution in [0, 0.1) is 6.92 Å². The lowest BCUT2D eigenvalue weighted by Crippen LogP contribution is -2.20. The fraction of sp³-hybridized carbons (Fsp3) is 0.0323. The number of hydrogen-bond acceptors (Lipinski definition) is 5. The van der Waals surface area contributed by atoms with E-state index >= 15 is 0 Å². The van der Waals surface area contributed by atoms with Crippen LogP contribution in [-0.2, 0) is 4.79 Å². The lowest BCUT2D eigenvalue weighted by Gasteiger charge is -2.11. The molecule has 5 rings (SSSR count). The largest absolute Gasteiger partial charge is 0.423 e. The van der Waals surface area contributed by atoms with Crippen LogP contribution in [0.25, 0.3) is 28.4 Å². The number of nitrogens with zero attached hydrogens (tertiary/aromatic N) is 3. The summed E-state index contributed by atoms with van der Waals surface area (Å²) in [6, 6.07) is 29.6. The van der Waals surface area contributed by atoms with E-state index in [1.807, 2.05) is 67.6 Å². The molecule has 0 amide bonds. The Balaban J connectivity index is 1.54. The lowest BCUT2D eigenvalue weighted by molar-refractivity contribution is -0.128. The predicted molar refractivity (Wildman–Crippen MR) is 154 cm³/mol. The molecule has 38 heavy (non-hydrogen) atoms. The van der Waals surface area contributed by atoms with E-state index in [1.165, 1.54) is 17.0 Å². The molecule has 0 saturated heterocycles. The van der Waals surface area contributed by atoms with Gasteiger partial charge in [0.1, 0.15) is 5.75 Å². The van der Waals surface area contributed by atoms with Crippen molar-refractivity contribution in [2.24, 2.45) is 5.10 Å². The summed E-state index contributed by atoms with van der Waals surface area (Å²) in [5.41, 5.74) is 3.47. The summed E-state index contributed by atoms with van der Waals surface area (Å²) in [5, 5.41) is 4.97. The molecule has 0 aliphatic heterocycles. The summed E-state index contributed by atoms with van der Waals surface area (Å²) < 4.78 is 7.64. The number of hydrogen-bond donors (Lipinski definition) is 0. The molecular weight excluding hydrogens is 542 g/mol. The van der Waals surface area contributed by atoms with Crippen molar-refractivity contribution < 1.29 is 9.53 Å². The van der Waals surface area contributed by atoms with Crippen LogP contribution in [0.2, 0.25) is 0 Å². The van der Waals surface area contributed by atoms with Crippen LogP contribution in [0.1, 0.15) is 16.7 Å². The molecule has 0 aliphatic rings. The highest BCUT2D eigenvalue weighted by atomic mass is 79.9. The van der Waals surface area contributed by atoms with Crippen LogP contribution in [0.15, 0.2) is 118 Å². The number of benzene rings is 4. The van der Waals surface area contributed by atoms with Gasteiger partial charge in [-0.1, -0.05) is 82.2 Å². The first-order chi connectivity index (χ1) is 18.5. The summed E-state index contributed by atoms with van der Waals surface area (Å²) in [6.07, 6.45) is 4.54. The zero-order chi connectivity index (χ0) is 26.5. The van der Waals surface area contributed by atoms with Crippen LogP contribution in [0.5, 0.6) is 5.75 Å². The first kappa shape index (κ1) is 25.0. The van der Waals surface area contributed by atoms with Gasteiger partial charge in [0.2, 0.25) is 0 Å². The molecule has 0 radical (unpaired) electrons. The molecule has 0 unspecified atom stereocenters. The molecule has 5 aromatic rings. The molecule has 6 nitrogen and oxygen atoms in total. The van der Waals surface area contributed by atoms with Gasteiger partial charge >= 0.3 is 5.97 Å². The maximum Gasteiger partial charge on any atom is 0.336 e. The molecule has 0 aliphatic carbocycles. The Bertz CT molecular complexity index is 1760. The highest BCUT2D eigenvalue weighted by Gasteiger charge is 2.13. The smallest absolute Gasteiger partial charge is 0.336 e. The van der Waals surface area contributed by atoms with E-state index in [0.29, 0.717) is 28.0 Å². The Morgan fingerprint density at radius 2 is 1.74 bits per heavy atom. The minimum absolute atomic E-state index is 0.303. The molecule has 0 fully saturated rings. The van der Waals surface area contributed by atoms with Gasteiger partial charge in [-0.2, -0.15) is 9.78 Å². The zero-order valence-corrected chi connectivity index (χ0v) is 22.0. The van der Waals surface area contributed by atoms with Gasteiger partial charge < -0.3 is 4.74 Å². The van der Waals surface area contributed by atoms with Gasteiger partial charge in [0, 0.05) is 21.7 Å². The summed E-state index contributed by atoms with van der Waals surface area (Å²) in [7, 11) is 0. The lowest BCUT2D eigenvalue weighted by atomic mass is 10.1. The van der Waals surface area contributed by atoms with E-state index in [0.717, 1.165) is 21.2 Å². The molecule has 4 aromatic carbocycles. The second-order valence-electron chi connectivity index (χ2n) is 8.53. The number of para-hydroxylation sites is 1. The number of esters is 1. The Labute approximate surface area is 227 Å². The van der Waals surface area contributed by atoms with Gasteiger partial charge in [-0.25, -0.2) is 9.78 Å². The van der Waals surface area contributed by atoms with E-state index in [4.69, 9.17) is 9.72 Å². The van der Waals surface area contributed by atoms with E-state index < -0.39 is 5.97 Å². The normalized spacial score (nSPS) is 11.4. The third kappa shape index (κ3) is 5.68. The van der Waals surface area contributed by atoms with Gasteiger partial charge in [-0.15, -0.1) is 0 Å². The van der Waals surface area contributed by atoms with Crippen LogP contribution in [0.4, 0.5) is 0 Å². The van der Waals surface area contributed by atoms with E-state index in [2.05, 4.69) is 21.0 Å². The summed E-state index contributed by atoms with van der Waals surface area (Å²) >= 11 is 3.46. The van der Waals surface area contributed by atoms with Crippen molar-refractivity contribution in [2.75, 3.05) is 0 Å². The minimum atomic E-state index is -0.532. The number of fused-ring (bicyclic) bond motifs is 1. The van der Waals surface area contributed by atoms with Crippen molar-refractivity contribution >= 4 is 45.1 Å². The fourth-order valence-corrected chi connectivity index (χ4v) is 4.28. The van der Waals surface area contributed by atoms with E-state index in [-0.39, 0.29) is 5.56 Å². The highest BCUT2D eigenvalue weighted by Crippen LogP contribution is 2.24. The van der Waals surface area contributed by atoms with Crippen LogP contribution < -0.4 is 10.3 Å². The highest BCUT2D eigenvalue weighted by molar-refractivity contribution is 9.10. The maximum absolute atomic E-state index is 13.5. The molecule has 0 atom stereocenters. The van der Waals surface area contributed by atoms with Crippen molar-refractivity contribution in [3.8, 4) is 17.1 Å². The van der Waals surface area contributed by atoms with Crippen LogP contribution in [-0.4, -0.2) is 21.8 Å². The first-order valence-electron chi connectivity index (χ1n) is 11.9. The molecule has 1 heterocycles. The summed E-state index contributed by atoms with van der Waals surface area (Å²) in [4.78, 5) is 30.8. The number of carbonyl (C=O) groups excluding carboxylic acids is 1. The van der Waals surface area contributed by atoms with Gasteiger partial charge in [0.05, 0.1) is 17.1 Å². The first-order valence-corrected chi connectivity index (χ1v) is 12.6. The van der Waals surface area contributed by atoms with Gasteiger partial charge in [-0.05, 0) is 55.0 Å². The Hall–Kier alpha value is -4.62. The Kier molecular flexibility index (Phi) is 7.38. The van der Waals surface area contributed by atoms with Crippen molar-refractivity contribution in [1.82, 2.24) is 9.66 Å². The quantitative estimate of drug-likeness (QED) is 0.100. The number of aromatic nitrogens is 2. The third-order valence-electron chi connectivity index (χ3n) is 5.74. The summed E-state index contributed by atoms with van der Waals surface area (Å²) in [5.74, 6) is 0.183. The van der Waals surface area contributed by atoms with Crippen LogP contribution >= 0.6 is 15.9 Å². The van der Waals surface area contributed by atoms with Crippen molar-refractivity contribution in [3.05, 3.63) is 135 Å². The minimum Gasteiger partial charge on any atom is -0.423 e. The predicted octanol–water partition coefficient (Wildman–Crippen LogP) is 6.64. The van der Waals surface area contributed by atoms with Crippen LogP contribution in [0.3, 0.4) is 0 Å². The SMILES string of the molecule is Cc1cccc(-c2nc3ccccc3c(=O)n2N=Cc2cc(Br)ccc2OC(=O)/C=C/c2ccccc2)c1. The second-order valence-corrected chi connectivity index (χ2v) is 9.45. The van der Waals surface area contributed by atoms with Crippen molar-refractivity contribution in [1.29, 1.82) is 0 Å². The molecule has 0 spiro atoms. The van der Waals surface area contributed by atoms with E-state index in [1.54, 1.807) is 42.5 Å². The molecule has 186 valence electrons. The number of halogens is 1. The summed E-state index contributed by atoms with van der Waals surface area (Å²) in [6.45, 7) is 1.98. The monoisotopic (exact) mass is 563 g/mol. The number of carbonyl (C=O) groups is 1. The van der Waals surface area contributed by atoms with Gasteiger partial charge in [0.25, 0.3) is 5.56 Å². The van der Waals surface area contributed by atoms with Gasteiger partial charge in [-0.3, -0.25) is 4.79 Å².